The maximum atomic E-state index is 6.69. The highest BCUT2D eigenvalue weighted by atomic mass is 16.5. The Balaban J connectivity index is 1.19. The van der Waals surface area contributed by atoms with Gasteiger partial charge in [0.1, 0.15) is 0 Å². The lowest BCUT2D eigenvalue weighted by molar-refractivity contribution is -0.161. The van der Waals surface area contributed by atoms with E-state index in [0.717, 1.165) is 82.1 Å². The summed E-state index contributed by atoms with van der Waals surface area (Å²) in [6.07, 6.45) is 4.07. The number of hydrogen-bond donors (Lipinski definition) is 0. The number of benzene rings is 1. The number of ether oxygens (including phenoxy) is 2. The van der Waals surface area contributed by atoms with E-state index in [-0.39, 0.29) is 0 Å². The Morgan fingerprint density at radius 2 is 1.82 bits per heavy atom. The lowest BCUT2D eigenvalue weighted by Crippen LogP contribution is -2.65. The average Bonchev–Trinajstić information content (AvgIpc) is 3.33. The van der Waals surface area contributed by atoms with E-state index in [1.54, 1.807) is 6.20 Å². The molecule has 0 bridgehead atoms. The minimum Gasteiger partial charge on any atom is -0.456 e. The van der Waals surface area contributed by atoms with Crippen molar-refractivity contribution in [3.05, 3.63) is 48.7 Å². The zero-order valence-corrected chi connectivity index (χ0v) is 19.8. The van der Waals surface area contributed by atoms with Crippen LogP contribution in [0.4, 0.5) is 5.82 Å². The van der Waals surface area contributed by atoms with E-state index in [2.05, 4.69) is 43.9 Å². The van der Waals surface area contributed by atoms with E-state index in [4.69, 9.17) is 14.0 Å². The molecule has 0 amide bonds. The molecule has 5 heterocycles. The maximum absolute atomic E-state index is 6.69. The first-order valence-corrected chi connectivity index (χ1v) is 12.5. The second-order valence-electron chi connectivity index (χ2n) is 9.80. The first-order chi connectivity index (χ1) is 16.7. The van der Waals surface area contributed by atoms with Crippen LogP contribution in [0.2, 0.25) is 0 Å². The molecule has 3 aromatic rings. The fraction of sp³-hybridized carbons (Fsp3) is 0.538. The van der Waals surface area contributed by atoms with Crippen LogP contribution in [-0.4, -0.2) is 84.2 Å². The Bertz CT molecular complexity index is 1100. The quantitative estimate of drug-likeness (QED) is 0.571. The molecule has 0 N–H and O–H groups in total. The SMILES string of the molecule is CC(Oc1ccccn1)([C@H]1CC[C@H]2CN(c3noc4ccccc34)CCN2C1)N1CCOCC1. The van der Waals surface area contributed by atoms with Gasteiger partial charge >= 0.3 is 0 Å². The molecule has 3 aliphatic rings. The van der Waals surface area contributed by atoms with Gasteiger partial charge in [-0.1, -0.05) is 23.4 Å². The standard InChI is InChI=1S/C26H33N5O3/c1-26(31-14-16-32-17-15-31,33-24-8-4-5-11-27-24)20-9-10-21-19-30(13-12-29(21)18-20)25-22-6-2-3-7-23(22)34-28-25/h2-8,11,20-21H,9-10,12-19H2,1H3/t20-,21-,26?/m0/s1. The van der Waals surface area contributed by atoms with Crippen LogP contribution in [-0.2, 0) is 4.74 Å². The normalized spacial score (nSPS) is 26.2. The molecule has 1 unspecified atom stereocenters. The summed E-state index contributed by atoms with van der Waals surface area (Å²) in [4.78, 5) is 12.0. The number of morpholine rings is 1. The summed E-state index contributed by atoms with van der Waals surface area (Å²) in [6, 6.07) is 14.5. The third kappa shape index (κ3) is 4.04. The van der Waals surface area contributed by atoms with Gasteiger partial charge in [-0.25, -0.2) is 4.98 Å². The smallest absolute Gasteiger partial charge is 0.214 e. The van der Waals surface area contributed by atoms with Crippen molar-refractivity contribution in [1.82, 2.24) is 19.9 Å². The Kier molecular flexibility index (Phi) is 5.89. The molecule has 8 heteroatoms. The second kappa shape index (κ2) is 9.17. The van der Waals surface area contributed by atoms with Crippen molar-refractivity contribution in [3.8, 4) is 5.88 Å². The monoisotopic (exact) mass is 463 g/mol. The van der Waals surface area contributed by atoms with E-state index in [1.165, 1.54) is 0 Å². The third-order valence-corrected chi connectivity index (χ3v) is 7.91. The number of piperazine rings is 1. The fourth-order valence-electron chi connectivity index (χ4n) is 5.94. The maximum Gasteiger partial charge on any atom is 0.214 e. The van der Waals surface area contributed by atoms with Crippen LogP contribution in [0.15, 0.2) is 53.2 Å². The van der Waals surface area contributed by atoms with Gasteiger partial charge < -0.3 is 18.9 Å². The van der Waals surface area contributed by atoms with E-state index >= 15 is 0 Å². The van der Waals surface area contributed by atoms with Gasteiger partial charge in [-0.2, -0.15) is 0 Å². The van der Waals surface area contributed by atoms with Gasteiger partial charge in [-0.05, 0) is 38.0 Å². The zero-order valence-electron chi connectivity index (χ0n) is 19.8. The van der Waals surface area contributed by atoms with E-state index in [9.17, 15) is 0 Å². The van der Waals surface area contributed by atoms with Gasteiger partial charge in [0, 0.05) is 63.5 Å². The Morgan fingerprint density at radius 3 is 2.68 bits per heavy atom. The molecule has 0 spiro atoms. The molecule has 8 nitrogen and oxygen atoms in total. The minimum atomic E-state index is -0.414. The molecule has 2 aromatic heterocycles. The van der Waals surface area contributed by atoms with Crippen molar-refractivity contribution in [2.24, 2.45) is 5.92 Å². The molecule has 3 fully saturated rings. The lowest BCUT2D eigenvalue weighted by Gasteiger charge is -2.53. The van der Waals surface area contributed by atoms with Crippen LogP contribution in [0.3, 0.4) is 0 Å². The van der Waals surface area contributed by atoms with E-state index in [1.807, 2.05) is 30.3 Å². The van der Waals surface area contributed by atoms with Gasteiger partial charge in [-0.3, -0.25) is 9.80 Å². The number of hydrogen-bond acceptors (Lipinski definition) is 8. The number of aromatic nitrogens is 2. The summed E-state index contributed by atoms with van der Waals surface area (Å²) in [5.41, 5.74) is 0.444. The number of fused-ring (bicyclic) bond motifs is 2. The molecule has 180 valence electrons. The molecular weight excluding hydrogens is 430 g/mol. The van der Waals surface area contributed by atoms with Crippen molar-refractivity contribution in [1.29, 1.82) is 0 Å². The van der Waals surface area contributed by atoms with Gasteiger partial charge in [0.2, 0.25) is 5.88 Å². The van der Waals surface area contributed by atoms with Crippen molar-refractivity contribution >= 4 is 16.8 Å². The number of pyridine rings is 1. The van der Waals surface area contributed by atoms with Gasteiger partial charge in [0.25, 0.3) is 0 Å². The topological polar surface area (TPSA) is 67.1 Å². The Labute approximate surface area is 200 Å². The van der Waals surface area contributed by atoms with Crippen LogP contribution >= 0.6 is 0 Å². The van der Waals surface area contributed by atoms with Gasteiger partial charge in [0.15, 0.2) is 17.1 Å². The van der Waals surface area contributed by atoms with Crippen LogP contribution in [0.25, 0.3) is 11.0 Å². The van der Waals surface area contributed by atoms with Crippen molar-refractivity contribution < 1.29 is 14.0 Å². The molecule has 0 radical (unpaired) electrons. The lowest BCUT2D eigenvalue weighted by atomic mass is 9.83. The Hall–Kier alpha value is -2.68. The predicted octanol–water partition coefficient (Wildman–Crippen LogP) is 3.25. The fourth-order valence-corrected chi connectivity index (χ4v) is 5.94. The molecular formula is C26H33N5O3. The zero-order chi connectivity index (χ0) is 23.0. The van der Waals surface area contributed by atoms with Gasteiger partial charge in [-0.15, -0.1) is 0 Å². The molecule has 3 aliphatic heterocycles. The summed E-state index contributed by atoms with van der Waals surface area (Å²) in [5.74, 6) is 2.07. The first-order valence-electron chi connectivity index (χ1n) is 12.5. The molecule has 1 aromatic carbocycles. The van der Waals surface area contributed by atoms with E-state index < -0.39 is 5.72 Å². The van der Waals surface area contributed by atoms with E-state index in [0.29, 0.717) is 17.8 Å². The molecule has 0 aliphatic carbocycles. The molecule has 34 heavy (non-hydrogen) atoms. The number of piperidine rings is 1. The third-order valence-electron chi connectivity index (χ3n) is 7.91. The molecule has 3 saturated heterocycles. The number of nitrogens with zero attached hydrogens (tertiary/aromatic N) is 5. The van der Waals surface area contributed by atoms with Crippen molar-refractivity contribution in [2.75, 3.05) is 57.4 Å². The number of anilines is 1. The van der Waals surface area contributed by atoms with Crippen molar-refractivity contribution in [2.45, 2.75) is 31.5 Å². The molecule has 0 saturated carbocycles. The molecule has 3 atom stereocenters. The highest BCUT2D eigenvalue weighted by Crippen LogP contribution is 2.38. The highest BCUT2D eigenvalue weighted by Gasteiger charge is 2.47. The number of para-hydroxylation sites is 1. The predicted molar refractivity (Wildman–Crippen MR) is 130 cm³/mol. The summed E-state index contributed by atoms with van der Waals surface area (Å²) >= 11 is 0. The summed E-state index contributed by atoms with van der Waals surface area (Å²) in [5, 5.41) is 5.51. The second-order valence-corrected chi connectivity index (χ2v) is 9.80. The minimum absolute atomic E-state index is 0.392. The summed E-state index contributed by atoms with van der Waals surface area (Å²) in [6.45, 7) is 9.52. The van der Waals surface area contributed by atoms with Crippen LogP contribution in [0, 0.1) is 5.92 Å². The van der Waals surface area contributed by atoms with Crippen LogP contribution in [0.1, 0.15) is 19.8 Å². The highest BCUT2D eigenvalue weighted by molar-refractivity contribution is 5.88. The Morgan fingerprint density at radius 1 is 0.971 bits per heavy atom. The number of rotatable bonds is 5. The summed E-state index contributed by atoms with van der Waals surface area (Å²) < 4.78 is 17.9. The summed E-state index contributed by atoms with van der Waals surface area (Å²) in [7, 11) is 0. The first kappa shape index (κ1) is 21.8. The molecule has 6 rings (SSSR count). The van der Waals surface area contributed by atoms with Crippen LogP contribution in [0.5, 0.6) is 5.88 Å². The largest absolute Gasteiger partial charge is 0.456 e. The van der Waals surface area contributed by atoms with Gasteiger partial charge in [0.05, 0.1) is 18.6 Å². The average molecular weight is 464 g/mol. The van der Waals surface area contributed by atoms with Crippen molar-refractivity contribution in [3.63, 3.8) is 0 Å². The van der Waals surface area contributed by atoms with Crippen LogP contribution < -0.4 is 9.64 Å².